The Morgan fingerprint density at radius 2 is 2.05 bits per heavy atom. The Balaban J connectivity index is 2.07. The summed E-state index contributed by atoms with van der Waals surface area (Å²) in [6.07, 6.45) is 0.295. The van der Waals surface area contributed by atoms with Crippen molar-refractivity contribution in [1.82, 2.24) is 5.16 Å². The molecule has 0 amide bonds. The van der Waals surface area contributed by atoms with Gasteiger partial charge >= 0.3 is 0 Å². The number of hydrogen-bond donors (Lipinski definition) is 1. The van der Waals surface area contributed by atoms with Gasteiger partial charge in [0.05, 0.1) is 6.10 Å². The molecular weight excluding hydrogens is 246 g/mol. The molecular formula is C14H17NO4. The van der Waals surface area contributed by atoms with Gasteiger partial charge in [0.2, 0.25) is 0 Å². The van der Waals surface area contributed by atoms with Crippen LogP contribution >= 0.6 is 0 Å². The van der Waals surface area contributed by atoms with E-state index in [4.69, 9.17) is 14.0 Å². The number of hydrogen-bond acceptors (Lipinski definition) is 5. The van der Waals surface area contributed by atoms with Crippen LogP contribution in [0.3, 0.4) is 0 Å². The lowest BCUT2D eigenvalue weighted by molar-refractivity contribution is 0.0453. The van der Waals surface area contributed by atoms with Crippen molar-refractivity contribution in [2.75, 3.05) is 13.9 Å². The highest BCUT2D eigenvalue weighted by Gasteiger charge is 2.08. The Morgan fingerprint density at radius 1 is 1.32 bits per heavy atom. The van der Waals surface area contributed by atoms with E-state index in [0.717, 1.165) is 11.1 Å². The highest BCUT2D eigenvalue weighted by molar-refractivity contribution is 5.58. The molecule has 1 heterocycles. The highest BCUT2D eigenvalue weighted by atomic mass is 16.7. The summed E-state index contributed by atoms with van der Waals surface area (Å²) in [7, 11) is 1.54. The largest absolute Gasteiger partial charge is 0.448 e. The average Bonchev–Trinajstić information content (AvgIpc) is 2.85. The summed E-state index contributed by atoms with van der Waals surface area (Å²) in [5, 5.41) is 13.1. The van der Waals surface area contributed by atoms with Crippen LogP contribution in [0, 0.1) is 0 Å². The molecule has 0 aliphatic heterocycles. The zero-order valence-corrected chi connectivity index (χ0v) is 11.0. The summed E-state index contributed by atoms with van der Waals surface area (Å²) in [6.45, 7) is 1.91. The number of methoxy groups -OCH3 is 1. The summed E-state index contributed by atoms with van der Waals surface area (Å²) >= 11 is 0. The van der Waals surface area contributed by atoms with Crippen LogP contribution < -0.4 is 4.74 Å². The monoisotopic (exact) mass is 263 g/mol. The number of benzene rings is 1. The standard InChI is InChI=1S/C14H17NO4/c1-10(16)7-11-3-5-12(6-4-11)13-8-14(15-19-13)18-9-17-2/h3-6,8,10,16H,7,9H2,1-2H3. The summed E-state index contributed by atoms with van der Waals surface area (Å²) in [5.74, 6) is 1.03. The molecule has 1 N–H and O–H groups in total. The predicted molar refractivity (Wildman–Crippen MR) is 69.8 cm³/mol. The second-order valence-corrected chi connectivity index (χ2v) is 4.33. The quantitative estimate of drug-likeness (QED) is 0.810. The van der Waals surface area contributed by atoms with E-state index in [1.165, 1.54) is 0 Å². The van der Waals surface area contributed by atoms with Crippen molar-refractivity contribution in [2.24, 2.45) is 0 Å². The van der Waals surface area contributed by atoms with Crippen molar-refractivity contribution in [3.05, 3.63) is 35.9 Å². The third-order valence-electron chi connectivity index (χ3n) is 2.58. The van der Waals surface area contributed by atoms with Crippen LogP contribution in [0.15, 0.2) is 34.9 Å². The van der Waals surface area contributed by atoms with Gasteiger partial charge in [-0.2, -0.15) is 0 Å². The maximum atomic E-state index is 9.32. The van der Waals surface area contributed by atoms with E-state index >= 15 is 0 Å². The number of rotatable bonds is 6. The SMILES string of the molecule is COCOc1cc(-c2ccc(CC(C)O)cc2)on1. The molecule has 0 aliphatic carbocycles. The maximum absolute atomic E-state index is 9.32. The van der Waals surface area contributed by atoms with Crippen LogP contribution in [0.4, 0.5) is 0 Å². The highest BCUT2D eigenvalue weighted by Crippen LogP contribution is 2.24. The smallest absolute Gasteiger partial charge is 0.256 e. The summed E-state index contributed by atoms with van der Waals surface area (Å²) in [5.41, 5.74) is 1.99. The maximum Gasteiger partial charge on any atom is 0.256 e. The van der Waals surface area contributed by atoms with Gasteiger partial charge in [-0.3, -0.25) is 0 Å². The first kappa shape index (κ1) is 13.6. The molecule has 1 unspecified atom stereocenters. The van der Waals surface area contributed by atoms with Gasteiger partial charge in [-0.25, -0.2) is 0 Å². The first-order valence-electron chi connectivity index (χ1n) is 6.05. The number of aliphatic hydroxyl groups excluding tert-OH is 1. The molecule has 1 aromatic carbocycles. The van der Waals surface area contributed by atoms with Crippen molar-refractivity contribution in [1.29, 1.82) is 0 Å². The summed E-state index contributed by atoms with van der Waals surface area (Å²) in [4.78, 5) is 0. The van der Waals surface area contributed by atoms with Crippen molar-refractivity contribution < 1.29 is 19.1 Å². The number of aliphatic hydroxyl groups is 1. The number of ether oxygens (including phenoxy) is 2. The fourth-order valence-electron chi connectivity index (χ4n) is 1.73. The molecule has 0 radical (unpaired) electrons. The Bertz CT molecular complexity index is 504. The van der Waals surface area contributed by atoms with Gasteiger partial charge in [0, 0.05) is 18.7 Å². The second-order valence-electron chi connectivity index (χ2n) is 4.33. The number of nitrogens with zero attached hydrogens (tertiary/aromatic N) is 1. The minimum Gasteiger partial charge on any atom is -0.448 e. The molecule has 2 rings (SSSR count). The molecule has 5 nitrogen and oxygen atoms in total. The van der Waals surface area contributed by atoms with E-state index in [1.54, 1.807) is 20.1 Å². The first-order chi connectivity index (χ1) is 9.19. The molecule has 1 atom stereocenters. The lowest BCUT2D eigenvalue weighted by Gasteiger charge is -2.04. The van der Waals surface area contributed by atoms with Crippen molar-refractivity contribution in [3.63, 3.8) is 0 Å². The van der Waals surface area contributed by atoms with Crippen molar-refractivity contribution in [2.45, 2.75) is 19.4 Å². The zero-order valence-electron chi connectivity index (χ0n) is 11.0. The fraction of sp³-hybridized carbons (Fsp3) is 0.357. The lowest BCUT2D eigenvalue weighted by atomic mass is 10.1. The Labute approximate surface area is 111 Å². The van der Waals surface area contributed by atoms with E-state index < -0.39 is 0 Å². The predicted octanol–water partition coefficient (Wildman–Crippen LogP) is 2.25. The molecule has 102 valence electrons. The molecule has 0 fully saturated rings. The Morgan fingerprint density at radius 3 is 2.68 bits per heavy atom. The summed E-state index contributed by atoms with van der Waals surface area (Å²) < 4.78 is 15.1. The average molecular weight is 263 g/mol. The van der Waals surface area contributed by atoms with Gasteiger partial charge in [0.25, 0.3) is 5.88 Å². The molecule has 1 aromatic heterocycles. The van der Waals surface area contributed by atoms with Crippen LogP contribution in [-0.2, 0) is 11.2 Å². The van der Waals surface area contributed by atoms with E-state index in [0.29, 0.717) is 18.1 Å². The minimum absolute atomic E-state index is 0.138. The molecule has 5 heteroatoms. The second kappa shape index (κ2) is 6.36. The third kappa shape index (κ3) is 3.81. The van der Waals surface area contributed by atoms with Crippen molar-refractivity contribution in [3.8, 4) is 17.2 Å². The van der Waals surface area contributed by atoms with Gasteiger partial charge in [0.1, 0.15) is 0 Å². The van der Waals surface area contributed by atoms with Crippen LogP contribution in [0.1, 0.15) is 12.5 Å². The minimum atomic E-state index is -0.342. The molecule has 0 saturated carbocycles. The van der Waals surface area contributed by atoms with Crippen LogP contribution in [-0.4, -0.2) is 30.3 Å². The van der Waals surface area contributed by atoms with Gasteiger partial charge in [-0.05, 0) is 24.1 Å². The third-order valence-corrected chi connectivity index (χ3v) is 2.58. The van der Waals surface area contributed by atoms with Crippen LogP contribution in [0.2, 0.25) is 0 Å². The van der Waals surface area contributed by atoms with Crippen LogP contribution in [0.25, 0.3) is 11.3 Å². The first-order valence-corrected chi connectivity index (χ1v) is 6.05. The van der Waals surface area contributed by atoms with E-state index in [9.17, 15) is 5.11 Å². The topological polar surface area (TPSA) is 64.7 Å². The number of aromatic nitrogens is 1. The molecule has 0 bridgehead atoms. The fourth-order valence-corrected chi connectivity index (χ4v) is 1.73. The van der Waals surface area contributed by atoms with Crippen molar-refractivity contribution >= 4 is 0 Å². The van der Waals surface area contributed by atoms with Crippen LogP contribution in [0.5, 0.6) is 5.88 Å². The van der Waals surface area contributed by atoms with Gasteiger partial charge in [-0.15, -0.1) is 0 Å². The van der Waals surface area contributed by atoms with Gasteiger partial charge in [0.15, 0.2) is 12.6 Å². The molecule has 0 saturated heterocycles. The Hall–Kier alpha value is -1.85. The lowest BCUT2D eigenvalue weighted by Crippen LogP contribution is -2.03. The van der Waals surface area contributed by atoms with E-state index in [-0.39, 0.29) is 12.9 Å². The molecule has 19 heavy (non-hydrogen) atoms. The zero-order chi connectivity index (χ0) is 13.7. The molecule has 0 spiro atoms. The Kier molecular flexibility index (Phi) is 4.54. The summed E-state index contributed by atoms with van der Waals surface area (Å²) in [6, 6.07) is 9.49. The van der Waals surface area contributed by atoms with Gasteiger partial charge < -0.3 is 19.1 Å². The van der Waals surface area contributed by atoms with E-state index in [2.05, 4.69) is 5.16 Å². The molecule has 2 aromatic rings. The normalized spacial score (nSPS) is 12.4. The molecule has 0 aliphatic rings. The van der Waals surface area contributed by atoms with Gasteiger partial charge in [-0.1, -0.05) is 24.3 Å². The van der Waals surface area contributed by atoms with E-state index in [1.807, 2.05) is 24.3 Å².